The van der Waals surface area contributed by atoms with Gasteiger partial charge in [-0.15, -0.1) is 11.3 Å². The van der Waals surface area contributed by atoms with Gasteiger partial charge in [-0.1, -0.05) is 19.1 Å². The highest BCUT2D eigenvalue weighted by molar-refractivity contribution is 7.89. The predicted octanol–water partition coefficient (Wildman–Crippen LogP) is 2.45. The van der Waals surface area contributed by atoms with Crippen molar-refractivity contribution >= 4 is 27.3 Å². The van der Waals surface area contributed by atoms with Gasteiger partial charge in [-0.25, -0.2) is 13.6 Å². The molecule has 0 unspecified atom stereocenters. The first-order valence-corrected chi connectivity index (χ1v) is 10.2. The van der Waals surface area contributed by atoms with Gasteiger partial charge in [0.05, 0.1) is 9.77 Å². The number of thiophene rings is 1. The maximum absolute atomic E-state index is 12.3. The van der Waals surface area contributed by atoms with Crippen molar-refractivity contribution in [1.82, 2.24) is 5.32 Å². The third kappa shape index (κ3) is 3.85. The Morgan fingerprint density at radius 2 is 2.04 bits per heavy atom. The summed E-state index contributed by atoms with van der Waals surface area (Å²) < 4.78 is 22.4. The van der Waals surface area contributed by atoms with Crippen LogP contribution in [0.4, 0.5) is 0 Å². The topological polar surface area (TPSA) is 89.3 Å². The molecular formula is C17H20N2O3S2. The largest absolute Gasteiger partial charge is 0.347 e. The average molecular weight is 364 g/mol. The minimum absolute atomic E-state index is 0.0672. The number of carbonyl (C=O) groups is 1. The number of hydrogen-bond acceptors (Lipinski definition) is 4. The van der Waals surface area contributed by atoms with Gasteiger partial charge < -0.3 is 5.32 Å². The van der Waals surface area contributed by atoms with Crippen molar-refractivity contribution in [3.63, 3.8) is 0 Å². The van der Waals surface area contributed by atoms with Crippen LogP contribution in [0.25, 0.3) is 0 Å². The minimum atomic E-state index is -3.69. The molecule has 0 saturated heterocycles. The molecule has 1 aliphatic rings. The summed E-state index contributed by atoms with van der Waals surface area (Å²) in [5, 5.41) is 7.95. The zero-order valence-electron chi connectivity index (χ0n) is 13.4. The summed E-state index contributed by atoms with van der Waals surface area (Å²) in [6, 6.07) is 8.21. The van der Waals surface area contributed by atoms with Gasteiger partial charge in [0.15, 0.2) is 0 Å². The molecule has 7 heteroatoms. The molecule has 5 nitrogen and oxygen atoms in total. The zero-order chi connectivity index (χ0) is 17.3. The molecule has 0 radical (unpaired) electrons. The number of fused-ring (bicyclic) bond motifs is 1. The summed E-state index contributed by atoms with van der Waals surface area (Å²) in [7, 11) is -3.69. The molecule has 1 amide bonds. The molecule has 0 saturated carbocycles. The van der Waals surface area contributed by atoms with Crippen molar-refractivity contribution in [3.8, 4) is 0 Å². The minimum Gasteiger partial charge on any atom is -0.347 e. The molecule has 1 aliphatic carbocycles. The van der Waals surface area contributed by atoms with E-state index in [0.29, 0.717) is 12.5 Å². The fraction of sp³-hybridized carbons (Fsp3) is 0.353. The summed E-state index contributed by atoms with van der Waals surface area (Å²) in [6.07, 6.45) is 3.29. The fourth-order valence-electron chi connectivity index (χ4n) is 2.88. The Hall–Kier alpha value is -1.70. The second-order valence-corrected chi connectivity index (χ2v) is 8.98. The standard InChI is InChI=1S/C17H20N2O3S2/c1-11-2-7-15-13(8-11)9-16(23-15)17(20)19-10-12-3-5-14(6-4-12)24(18,21)22/h3-6,9,11H,2,7-8,10H2,1H3,(H,19,20)(H2,18,21,22)/t11-/m0/s1. The highest BCUT2D eigenvalue weighted by Crippen LogP contribution is 2.32. The normalized spacial score (nSPS) is 17.3. The molecule has 1 aromatic carbocycles. The van der Waals surface area contributed by atoms with Crippen LogP contribution in [0.5, 0.6) is 0 Å². The number of aryl methyl sites for hydroxylation is 1. The Morgan fingerprint density at radius 1 is 1.33 bits per heavy atom. The van der Waals surface area contributed by atoms with Gasteiger partial charge >= 0.3 is 0 Å². The highest BCUT2D eigenvalue weighted by Gasteiger charge is 2.20. The van der Waals surface area contributed by atoms with Crippen LogP contribution >= 0.6 is 11.3 Å². The molecular weight excluding hydrogens is 344 g/mol. The lowest BCUT2D eigenvalue weighted by molar-refractivity contribution is 0.0955. The van der Waals surface area contributed by atoms with E-state index >= 15 is 0 Å². The summed E-state index contributed by atoms with van der Waals surface area (Å²) in [5.41, 5.74) is 2.13. The summed E-state index contributed by atoms with van der Waals surface area (Å²) in [4.78, 5) is 14.5. The fourth-order valence-corrected chi connectivity index (χ4v) is 4.52. The molecule has 0 fully saturated rings. The Bertz CT molecular complexity index is 854. The lowest BCUT2D eigenvalue weighted by Crippen LogP contribution is -2.21. The molecule has 2 aromatic rings. The van der Waals surface area contributed by atoms with Crippen LogP contribution in [0.15, 0.2) is 35.2 Å². The van der Waals surface area contributed by atoms with Gasteiger partial charge in [-0.3, -0.25) is 4.79 Å². The zero-order valence-corrected chi connectivity index (χ0v) is 15.0. The van der Waals surface area contributed by atoms with Crippen LogP contribution in [0.1, 0.15) is 39.0 Å². The van der Waals surface area contributed by atoms with E-state index in [4.69, 9.17) is 5.14 Å². The van der Waals surface area contributed by atoms with Crippen molar-refractivity contribution in [3.05, 3.63) is 51.2 Å². The molecule has 1 aromatic heterocycles. The quantitative estimate of drug-likeness (QED) is 0.873. The number of carbonyl (C=O) groups excluding carboxylic acids is 1. The predicted molar refractivity (Wildman–Crippen MR) is 94.5 cm³/mol. The maximum Gasteiger partial charge on any atom is 0.261 e. The van der Waals surface area contributed by atoms with Crippen LogP contribution in [0.2, 0.25) is 0 Å². The Balaban J connectivity index is 1.64. The monoisotopic (exact) mass is 364 g/mol. The number of benzene rings is 1. The van der Waals surface area contributed by atoms with E-state index < -0.39 is 10.0 Å². The Kier molecular flexibility index (Phi) is 4.76. The third-order valence-corrected chi connectivity index (χ3v) is 6.42. The summed E-state index contributed by atoms with van der Waals surface area (Å²) >= 11 is 1.58. The van der Waals surface area contributed by atoms with Gasteiger partial charge in [0.25, 0.3) is 5.91 Å². The molecule has 0 bridgehead atoms. The number of amides is 1. The number of primary sulfonamides is 1. The number of sulfonamides is 1. The molecule has 24 heavy (non-hydrogen) atoms. The summed E-state index contributed by atoms with van der Waals surface area (Å²) in [6.45, 7) is 2.59. The Labute approximate surface area is 145 Å². The van der Waals surface area contributed by atoms with Gasteiger partial charge in [0.1, 0.15) is 0 Å². The number of hydrogen-bond donors (Lipinski definition) is 2. The van der Waals surface area contributed by atoms with Crippen LogP contribution in [0.3, 0.4) is 0 Å². The average Bonchev–Trinajstić information content (AvgIpc) is 2.95. The van der Waals surface area contributed by atoms with Crippen molar-refractivity contribution in [2.24, 2.45) is 11.1 Å². The smallest absolute Gasteiger partial charge is 0.261 e. The first kappa shape index (κ1) is 17.1. The highest BCUT2D eigenvalue weighted by atomic mass is 32.2. The number of nitrogens with two attached hydrogens (primary N) is 1. The SMILES string of the molecule is C[C@H]1CCc2sc(C(=O)NCc3ccc(S(N)(=O)=O)cc3)cc2C1. The first-order chi connectivity index (χ1) is 11.3. The number of nitrogens with one attached hydrogen (secondary N) is 1. The second kappa shape index (κ2) is 6.66. The van der Waals surface area contributed by atoms with Crippen LogP contribution in [-0.2, 0) is 29.4 Å². The molecule has 1 atom stereocenters. The lowest BCUT2D eigenvalue weighted by Gasteiger charge is -2.16. The lowest BCUT2D eigenvalue weighted by atomic mass is 9.90. The van der Waals surface area contributed by atoms with Crippen molar-refractivity contribution in [1.29, 1.82) is 0 Å². The first-order valence-electron chi connectivity index (χ1n) is 7.84. The van der Waals surface area contributed by atoms with E-state index in [0.717, 1.165) is 23.3 Å². The van der Waals surface area contributed by atoms with Gasteiger partial charge in [-0.05, 0) is 54.5 Å². The molecule has 0 aliphatic heterocycles. The van der Waals surface area contributed by atoms with Gasteiger partial charge in [0, 0.05) is 11.4 Å². The summed E-state index contributed by atoms with van der Waals surface area (Å²) in [5.74, 6) is 0.595. The second-order valence-electron chi connectivity index (χ2n) is 6.28. The van der Waals surface area contributed by atoms with Crippen LogP contribution in [-0.4, -0.2) is 14.3 Å². The maximum atomic E-state index is 12.3. The van der Waals surface area contributed by atoms with Crippen LogP contribution < -0.4 is 10.5 Å². The van der Waals surface area contributed by atoms with Crippen molar-refractivity contribution < 1.29 is 13.2 Å². The Morgan fingerprint density at radius 3 is 2.71 bits per heavy atom. The third-order valence-electron chi connectivity index (χ3n) is 4.26. The van der Waals surface area contributed by atoms with Crippen LogP contribution in [0, 0.1) is 5.92 Å². The van der Waals surface area contributed by atoms with E-state index in [9.17, 15) is 13.2 Å². The molecule has 3 N–H and O–H groups in total. The number of rotatable bonds is 4. The van der Waals surface area contributed by atoms with E-state index in [-0.39, 0.29) is 10.8 Å². The molecule has 3 rings (SSSR count). The van der Waals surface area contributed by atoms with Crippen molar-refractivity contribution in [2.75, 3.05) is 0 Å². The molecule has 128 valence electrons. The van der Waals surface area contributed by atoms with Gasteiger partial charge in [-0.2, -0.15) is 0 Å². The molecule has 0 spiro atoms. The van der Waals surface area contributed by atoms with E-state index in [1.165, 1.54) is 29.0 Å². The molecule has 1 heterocycles. The van der Waals surface area contributed by atoms with E-state index in [2.05, 4.69) is 12.2 Å². The van der Waals surface area contributed by atoms with Crippen molar-refractivity contribution in [2.45, 2.75) is 37.6 Å². The van der Waals surface area contributed by atoms with E-state index in [1.807, 2.05) is 6.07 Å². The van der Waals surface area contributed by atoms with E-state index in [1.54, 1.807) is 23.5 Å². The van der Waals surface area contributed by atoms with Gasteiger partial charge in [0.2, 0.25) is 10.0 Å².